The molecule has 1 amide bonds. The maximum atomic E-state index is 12.6. The first-order valence-corrected chi connectivity index (χ1v) is 10.2. The highest BCUT2D eigenvalue weighted by Crippen LogP contribution is 2.28. The summed E-state index contributed by atoms with van der Waals surface area (Å²) in [5.74, 6) is 0.283. The number of hydrogen-bond donors (Lipinski definition) is 2. The lowest BCUT2D eigenvalue weighted by atomic mass is 9.81. The lowest BCUT2D eigenvalue weighted by Crippen LogP contribution is -2.41. The molecule has 0 radical (unpaired) electrons. The van der Waals surface area contributed by atoms with Gasteiger partial charge in [0.15, 0.2) is 9.84 Å². The van der Waals surface area contributed by atoms with Crippen molar-refractivity contribution in [2.24, 2.45) is 11.1 Å². The van der Waals surface area contributed by atoms with E-state index in [2.05, 4.69) is 5.32 Å². The van der Waals surface area contributed by atoms with Gasteiger partial charge in [-0.05, 0) is 31.0 Å². The number of carbonyl (C=O) groups is 1. The van der Waals surface area contributed by atoms with Gasteiger partial charge in [0.05, 0.1) is 16.9 Å². The predicted octanol–water partition coefficient (Wildman–Crippen LogP) is 1.62. The minimum Gasteiger partial charge on any atom is -0.369 e. The molecule has 3 N–H and O–H groups in total. The quantitative estimate of drug-likeness (QED) is 0.811. The average Bonchev–Trinajstić information content (AvgIpc) is 2.57. The van der Waals surface area contributed by atoms with Gasteiger partial charge in [0.1, 0.15) is 0 Å². The Hall–Kier alpha value is -1.60. The summed E-state index contributed by atoms with van der Waals surface area (Å²) >= 11 is 0. The third-order valence-corrected chi connectivity index (χ3v) is 6.65. The van der Waals surface area contributed by atoms with Gasteiger partial charge in [-0.3, -0.25) is 4.79 Å². The molecule has 0 saturated carbocycles. The third kappa shape index (κ3) is 4.08. The predicted molar refractivity (Wildman–Crippen MR) is 98.0 cm³/mol. The number of carbonyl (C=O) groups excluding carboxylic acids is 1. The molecule has 1 aliphatic rings. The van der Waals surface area contributed by atoms with E-state index in [1.54, 1.807) is 0 Å². The van der Waals surface area contributed by atoms with Crippen molar-refractivity contribution in [1.29, 1.82) is 0 Å². The molecule has 0 aromatic heterocycles. The fourth-order valence-electron chi connectivity index (χ4n) is 2.97. The van der Waals surface area contributed by atoms with E-state index < -0.39 is 15.3 Å². The number of nitrogens with one attached hydrogen (secondary N) is 1. The maximum Gasteiger partial charge on any atom is 0.231 e. The van der Waals surface area contributed by atoms with E-state index in [-0.39, 0.29) is 17.4 Å². The zero-order valence-corrected chi connectivity index (χ0v) is 15.2. The highest BCUT2D eigenvalue weighted by molar-refractivity contribution is 7.91. The van der Waals surface area contributed by atoms with E-state index >= 15 is 0 Å². The van der Waals surface area contributed by atoms with Crippen LogP contribution < -0.4 is 16.0 Å². The lowest BCUT2D eigenvalue weighted by molar-refractivity contribution is -0.125. The van der Waals surface area contributed by atoms with E-state index in [0.717, 1.165) is 5.69 Å². The van der Waals surface area contributed by atoms with Crippen molar-refractivity contribution in [2.75, 3.05) is 41.4 Å². The Morgan fingerprint density at radius 2 is 1.88 bits per heavy atom. The van der Waals surface area contributed by atoms with E-state index in [1.165, 1.54) is 0 Å². The van der Waals surface area contributed by atoms with Crippen LogP contribution in [0.2, 0.25) is 0 Å². The molecular weight excluding hydrogens is 326 g/mol. The zero-order valence-electron chi connectivity index (χ0n) is 14.4. The van der Waals surface area contributed by atoms with Gasteiger partial charge >= 0.3 is 0 Å². The molecule has 0 spiro atoms. The number of hydrogen-bond acceptors (Lipinski definition) is 5. The van der Waals surface area contributed by atoms with Crippen LogP contribution in [0.1, 0.15) is 26.7 Å². The number of sulfone groups is 1. The highest BCUT2D eigenvalue weighted by Gasteiger charge is 2.33. The second-order valence-electron chi connectivity index (χ2n) is 6.33. The summed E-state index contributed by atoms with van der Waals surface area (Å²) < 4.78 is 23.1. The molecule has 0 bridgehead atoms. The average molecular weight is 353 g/mol. The molecule has 7 heteroatoms. The Labute approximate surface area is 144 Å². The standard InChI is InChI=1S/C17H27N3O3S/c1-3-17(4-2,13-18)16(21)19-14-6-5-7-15(12-14)20-8-10-24(22,23)11-9-20/h5-7,12H,3-4,8-11,13,18H2,1-2H3,(H,19,21). The van der Waals surface area contributed by atoms with E-state index in [0.29, 0.717) is 38.2 Å². The van der Waals surface area contributed by atoms with Gasteiger partial charge in [0.2, 0.25) is 5.91 Å². The Bertz CT molecular complexity index is 662. The van der Waals surface area contributed by atoms with Gasteiger partial charge in [-0.15, -0.1) is 0 Å². The fraction of sp³-hybridized carbons (Fsp3) is 0.588. The molecule has 1 aliphatic heterocycles. The SMILES string of the molecule is CCC(CC)(CN)C(=O)Nc1cccc(N2CCS(=O)(=O)CC2)c1. The van der Waals surface area contributed by atoms with E-state index in [1.807, 2.05) is 43.0 Å². The van der Waals surface area contributed by atoms with Crippen molar-refractivity contribution < 1.29 is 13.2 Å². The molecule has 1 aromatic carbocycles. The molecule has 1 fully saturated rings. The van der Waals surface area contributed by atoms with Crippen molar-refractivity contribution in [3.63, 3.8) is 0 Å². The number of nitrogens with two attached hydrogens (primary N) is 1. The van der Waals surface area contributed by atoms with E-state index in [9.17, 15) is 13.2 Å². The van der Waals surface area contributed by atoms with E-state index in [4.69, 9.17) is 5.73 Å². The zero-order chi connectivity index (χ0) is 17.8. The van der Waals surface area contributed by atoms with Crippen molar-refractivity contribution in [1.82, 2.24) is 0 Å². The molecule has 134 valence electrons. The van der Waals surface area contributed by atoms with Gasteiger partial charge in [-0.2, -0.15) is 0 Å². The maximum absolute atomic E-state index is 12.6. The molecule has 1 saturated heterocycles. The first-order chi connectivity index (χ1) is 11.4. The van der Waals surface area contributed by atoms with Gasteiger partial charge in [-0.1, -0.05) is 19.9 Å². The van der Waals surface area contributed by atoms with Gasteiger partial charge in [0.25, 0.3) is 0 Å². The van der Waals surface area contributed by atoms with Crippen LogP contribution in [0.5, 0.6) is 0 Å². The second-order valence-corrected chi connectivity index (χ2v) is 8.64. The number of rotatable bonds is 6. The van der Waals surface area contributed by atoms with Gasteiger partial charge in [0, 0.05) is 31.0 Å². The summed E-state index contributed by atoms with van der Waals surface area (Å²) in [5, 5.41) is 2.97. The Morgan fingerprint density at radius 1 is 1.25 bits per heavy atom. The summed E-state index contributed by atoms with van der Waals surface area (Å²) in [4.78, 5) is 14.7. The van der Waals surface area contributed by atoms with Gasteiger partial charge < -0.3 is 16.0 Å². The smallest absolute Gasteiger partial charge is 0.231 e. The van der Waals surface area contributed by atoms with Crippen molar-refractivity contribution in [3.05, 3.63) is 24.3 Å². The lowest BCUT2D eigenvalue weighted by Gasteiger charge is -2.30. The molecule has 0 atom stereocenters. The second kappa shape index (κ2) is 7.53. The van der Waals surface area contributed by atoms with Crippen LogP contribution in [0, 0.1) is 5.41 Å². The fourth-order valence-corrected chi connectivity index (χ4v) is 4.17. The Morgan fingerprint density at radius 3 is 2.42 bits per heavy atom. The minimum absolute atomic E-state index is 0.0617. The summed E-state index contributed by atoms with van der Waals surface area (Å²) in [6, 6.07) is 7.54. The normalized spacial score (nSPS) is 17.5. The third-order valence-electron chi connectivity index (χ3n) is 5.04. The van der Waals surface area contributed by atoms with Crippen LogP contribution in [-0.2, 0) is 14.6 Å². The van der Waals surface area contributed by atoms with Crippen molar-refractivity contribution >= 4 is 27.1 Å². The summed E-state index contributed by atoms with van der Waals surface area (Å²) in [6.45, 7) is 5.23. The first kappa shape index (κ1) is 18.7. The summed E-state index contributed by atoms with van der Waals surface area (Å²) in [6.07, 6.45) is 1.38. The monoisotopic (exact) mass is 353 g/mol. The molecule has 6 nitrogen and oxygen atoms in total. The Balaban J connectivity index is 2.12. The van der Waals surface area contributed by atoms with Crippen LogP contribution in [0.3, 0.4) is 0 Å². The molecular formula is C17H27N3O3S. The van der Waals surface area contributed by atoms with Crippen LogP contribution in [0.25, 0.3) is 0 Å². The van der Waals surface area contributed by atoms with Crippen LogP contribution in [0.15, 0.2) is 24.3 Å². The molecule has 0 aliphatic carbocycles. The van der Waals surface area contributed by atoms with Gasteiger partial charge in [-0.25, -0.2) is 8.42 Å². The van der Waals surface area contributed by atoms with Crippen LogP contribution in [0.4, 0.5) is 11.4 Å². The number of nitrogens with zero attached hydrogens (tertiary/aromatic N) is 1. The van der Waals surface area contributed by atoms with Crippen LogP contribution >= 0.6 is 0 Å². The minimum atomic E-state index is -2.91. The van der Waals surface area contributed by atoms with Crippen LogP contribution in [-0.4, -0.2) is 45.5 Å². The summed E-state index contributed by atoms with van der Waals surface area (Å²) in [5.41, 5.74) is 6.92. The highest BCUT2D eigenvalue weighted by atomic mass is 32.2. The molecule has 24 heavy (non-hydrogen) atoms. The topological polar surface area (TPSA) is 92.5 Å². The van der Waals surface area contributed by atoms with Crippen molar-refractivity contribution in [2.45, 2.75) is 26.7 Å². The Kier molecular flexibility index (Phi) is 5.87. The molecule has 0 unspecified atom stereocenters. The molecule has 1 heterocycles. The molecule has 2 rings (SSSR count). The number of anilines is 2. The number of amides is 1. The summed E-state index contributed by atoms with van der Waals surface area (Å²) in [7, 11) is -2.91. The first-order valence-electron chi connectivity index (χ1n) is 8.43. The largest absolute Gasteiger partial charge is 0.369 e. The number of benzene rings is 1. The van der Waals surface area contributed by atoms with Crippen molar-refractivity contribution in [3.8, 4) is 0 Å². The molecule has 1 aromatic rings.